The van der Waals surface area contributed by atoms with Crippen LogP contribution in [0.4, 0.5) is 4.39 Å². The Bertz CT molecular complexity index is 1320. The lowest BCUT2D eigenvalue weighted by Crippen LogP contribution is -2.29. The molecule has 3 N–H and O–H groups in total. The van der Waals surface area contributed by atoms with Gasteiger partial charge in [-0.1, -0.05) is 30.3 Å². The molecular weight excluding hydrogens is 480 g/mol. The predicted molar refractivity (Wildman–Crippen MR) is 139 cm³/mol. The van der Waals surface area contributed by atoms with Crippen LogP contribution in [0.5, 0.6) is 0 Å². The third-order valence-corrected chi connectivity index (χ3v) is 6.95. The third-order valence-electron chi connectivity index (χ3n) is 6.02. The van der Waals surface area contributed by atoms with Crippen LogP contribution in [0.3, 0.4) is 0 Å². The van der Waals surface area contributed by atoms with Crippen molar-refractivity contribution in [3.05, 3.63) is 100 Å². The van der Waals surface area contributed by atoms with Crippen LogP contribution in [-0.4, -0.2) is 33.9 Å². The molecule has 0 fully saturated rings. The summed E-state index contributed by atoms with van der Waals surface area (Å²) >= 11 is -1.07. The zero-order valence-corrected chi connectivity index (χ0v) is 20.6. The molecule has 3 aromatic carbocycles. The van der Waals surface area contributed by atoms with Crippen molar-refractivity contribution in [3.8, 4) is 0 Å². The molecule has 0 saturated heterocycles. The lowest BCUT2D eigenvalue weighted by Gasteiger charge is -2.09. The summed E-state index contributed by atoms with van der Waals surface area (Å²) in [7, 11) is -1.55. The lowest BCUT2D eigenvalue weighted by atomic mass is 9.80. The molecule has 0 heterocycles. The van der Waals surface area contributed by atoms with Gasteiger partial charge >= 0.3 is 7.12 Å². The van der Waals surface area contributed by atoms with E-state index in [-0.39, 0.29) is 24.8 Å². The number of fused-ring (bicyclic) bond motifs is 1. The highest BCUT2D eigenvalue weighted by atomic mass is 32.2. The Labute approximate surface area is 212 Å². The fraction of sp³-hybridized carbons (Fsp3) is 0.148. The number of hydrogen-bond donors (Lipinski definition) is 3. The predicted octanol–water partition coefficient (Wildman–Crippen LogP) is 3.21. The summed E-state index contributed by atoms with van der Waals surface area (Å²) in [6.45, 7) is 2.00. The first-order valence-corrected chi connectivity index (χ1v) is 12.8. The number of nitrogens with one attached hydrogen (secondary N) is 1. The van der Waals surface area contributed by atoms with Gasteiger partial charge in [0.15, 0.2) is 4.90 Å². The minimum Gasteiger partial charge on any atom is -0.612 e. The fourth-order valence-electron chi connectivity index (χ4n) is 4.09. The molecule has 36 heavy (non-hydrogen) atoms. The Kier molecular flexibility index (Phi) is 8.08. The molecule has 0 spiro atoms. The summed E-state index contributed by atoms with van der Waals surface area (Å²) in [5.41, 5.74) is 8.41. The Morgan fingerprint density at radius 3 is 2.42 bits per heavy atom. The first-order chi connectivity index (χ1) is 17.2. The van der Waals surface area contributed by atoms with Crippen LogP contribution in [0.2, 0.25) is 0 Å². The number of halogens is 1. The van der Waals surface area contributed by atoms with Crippen LogP contribution in [-0.2, 0) is 27.4 Å². The monoisotopic (exact) mass is 505 g/mol. The van der Waals surface area contributed by atoms with Crippen molar-refractivity contribution in [1.82, 2.24) is 5.48 Å². The topological polar surface area (TPSA) is 102 Å². The number of hydrogen-bond acceptors (Lipinski definition) is 5. The van der Waals surface area contributed by atoms with Gasteiger partial charge in [0.05, 0.1) is 13.0 Å². The molecule has 1 atom stereocenters. The highest BCUT2D eigenvalue weighted by molar-refractivity contribution is 7.90. The van der Waals surface area contributed by atoms with E-state index in [4.69, 9.17) is 14.9 Å². The first kappa shape index (κ1) is 25.9. The number of benzene rings is 3. The number of hydroxylamine groups is 1. The molecule has 4 rings (SSSR count). The fourth-order valence-corrected chi connectivity index (χ4v) is 4.61. The molecule has 1 aliphatic rings. The van der Waals surface area contributed by atoms with E-state index in [2.05, 4.69) is 5.48 Å². The second kappa shape index (κ2) is 11.2. The minimum absolute atomic E-state index is 0.00300. The van der Waals surface area contributed by atoms with Crippen LogP contribution < -0.4 is 10.9 Å². The molecular formula is C27H25BFNO5S. The van der Waals surface area contributed by atoms with Crippen LogP contribution in [0, 0.1) is 5.82 Å². The number of carbonyl (C=O) groups is 1. The van der Waals surface area contributed by atoms with Crippen molar-refractivity contribution in [1.29, 1.82) is 0 Å². The molecule has 0 aromatic heterocycles. The molecule has 6 nitrogen and oxygen atoms in total. The standard InChI is InChI=1S/C27H25BFNO5S/c1-17-24(13-18-5-10-22(11-6-18)36(2)34)23-12-9-21(29)14-26(23)25(17)15-27(31)30-35-16-19-3-7-20(8-4-19)28(32)33/h3-14,32-33H,15-16H2,1-2H3,(H,30,31)/b24-13+. The maximum atomic E-state index is 14.1. The lowest BCUT2D eigenvalue weighted by molar-refractivity contribution is -0.133. The van der Waals surface area contributed by atoms with E-state index in [1.165, 1.54) is 12.1 Å². The summed E-state index contributed by atoms with van der Waals surface area (Å²) in [6, 6.07) is 18.4. The highest BCUT2D eigenvalue weighted by Crippen LogP contribution is 2.43. The van der Waals surface area contributed by atoms with E-state index in [1.54, 1.807) is 36.6 Å². The van der Waals surface area contributed by atoms with Crippen molar-refractivity contribution in [2.24, 2.45) is 0 Å². The van der Waals surface area contributed by atoms with Gasteiger partial charge in [0.2, 0.25) is 5.91 Å². The molecule has 0 bridgehead atoms. The van der Waals surface area contributed by atoms with Crippen LogP contribution in [0.15, 0.2) is 77.2 Å². The first-order valence-electron chi connectivity index (χ1n) is 11.2. The van der Waals surface area contributed by atoms with Crippen LogP contribution in [0.1, 0.15) is 35.6 Å². The average Bonchev–Trinajstić information content (AvgIpc) is 3.09. The van der Waals surface area contributed by atoms with Gasteiger partial charge in [-0.15, -0.1) is 0 Å². The van der Waals surface area contributed by atoms with E-state index in [0.717, 1.165) is 32.7 Å². The Morgan fingerprint density at radius 1 is 1.08 bits per heavy atom. The Balaban J connectivity index is 1.49. The summed E-state index contributed by atoms with van der Waals surface area (Å²) in [5, 5.41) is 18.3. The van der Waals surface area contributed by atoms with E-state index in [1.807, 2.05) is 37.3 Å². The van der Waals surface area contributed by atoms with Crippen molar-refractivity contribution in [2.45, 2.75) is 24.8 Å². The Hall–Kier alpha value is -3.21. The maximum absolute atomic E-state index is 14.1. The maximum Gasteiger partial charge on any atom is 0.488 e. The van der Waals surface area contributed by atoms with Crippen LogP contribution in [0.25, 0.3) is 17.2 Å². The second-order valence-corrected chi connectivity index (χ2v) is 9.86. The molecule has 0 aliphatic heterocycles. The van der Waals surface area contributed by atoms with Gasteiger partial charge in [-0.05, 0) is 105 Å². The number of rotatable bonds is 8. The molecule has 9 heteroatoms. The average molecular weight is 505 g/mol. The summed E-state index contributed by atoms with van der Waals surface area (Å²) in [4.78, 5) is 18.7. The molecule has 1 unspecified atom stereocenters. The van der Waals surface area contributed by atoms with Gasteiger partial charge in [0.25, 0.3) is 0 Å². The molecule has 0 saturated carbocycles. The molecule has 3 aromatic rings. The van der Waals surface area contributed by atoms with Gasteiger partial charge in [-0.2, -0.15) is 0 Å². The van der Waals surface area contributed by atoms with Gasteiger partial charge < -0.3 is 14.6 Å². The largest absolute Gasteiger partial charge is 0.612 e. The zero-order chi connectivity index (χ0) is 25.8. The van der Waals surface area contributed by atoms with Crippen molar-refractivity contribution in [2.75, 3.05) is 6.26 Å². The minimum atomic E-state index is -1.55. The van der Waals surface area contributed by atoms with Crippen molar-refractivity contribution in [3.63, 3.8) is 0 Å². The third kappa shape index (κ3) is 5.95. The van der Waals surface area contributed by atoms with Crippen molar-refractivity contribution < 1.29 is 28.6 Å². The molecule has 1 aliphatic carbocycles. The van der Waals surface area contributed by atoms with Gasteiger partial charge in [0, 0.05) is 0 Å². The normalized spacial score (nSPS) is 14.7. The van der Waals surface area contributed by atoms with Gasteiger partial charge in [0.1, 0.15) is 12.1 Å². The van der Waals surface area contributed by atoms with Gasteiger partial charge in [-0.3, -0.25) is 9.63 Å². The van der Waals surface area contributed by atoms with E-state index >= 15 is 0 Å². The smallest absolute Gasteiger partial charge is 0.488 e. The van der Waals surface area contributed by atoms with E-state index < -0.39 is 18.3 Å². The quantitative estimate of drug-likeness (QED) is 0.248. The van der Waals surface area contributed by atoms with Crippen molar-refractivity contribution >= 4 is 46.9 Å². The Morgan fingerprint density at radius 2 is 1.78 bits per heavy atom. The van der Waals surface area contributed by atoms with E-state index in [9.17, 15) is 13.7 Å². The molecule has 1 amide bonds. The summed E-state index contributed by atoms with van der Waals surface area (Å²) in [5.74, 6) is -0.763. The molecule has 0 radical (unpaired) electrons. The SMILES string of the molecule is CC1=C(CC(=O)NOCc2ccc(B(O)O)cc2)c2cc(F)ccc2/C1=C/c1ccc([S+](C)[O-])cc1. The summed E-state index contributed by atoms with van der Waals surface area (Å²) < 4.78 is 25.8. The van der Waals surface area contributed by atoms with E-state index in [0.29, 0.717) is 16.6 Å². The number of allylic oxidation sites excluding steroid dienone is 2. The highest BCUT2D eigenvalue weighted by Gasteiger charge is 2.26. The van der Waals surface area contributed by atoms with Crippen LogP contribution >= 0.6 is 0 Å². The second-order valence-electron chi connectivity index (χ2n) is 8.48. The number of carbonyl (C=O) groups excluding carboxylic acids is 1. The summed E-state index contributed by atoms with van der Waals surface area (Å²) in [6.07, 6.45) is 3.60. The molecule has 184 valence electrons. The number of amides is 1. The zero-order valence-electron chi connectivity index (χ0n) is 19.8. The van der Waals surface area contributed by atoms with Gasteiger partial charge in [-0.25, -0.2) is 9.87 Å².